The van der Waals surface area contributed by atoms with Crippen LogP contribution in [-0.4, -0.2) is 19.0 Å². The molecule has 0 amide bonds. The number of aryl methyl sites for hydroxylation is 1. The van der Waals surface area contributed by atoms with Crippen molar-refractivity contribution in [3.63, 3.8) is 0 Å². The number of Topliss-reactive ketones (excluding diaryl/α,β-unsaturated/α-hetero) is 1. The van der Waals surface area contributed by atoms with Gasteiger partial charge in [-0.2, -0.15) is 0 Å². The van der Waals surface area contributed by atoms with E-state index >= 15 is 0 Å². The number of methoxy groups -OCH3 is 1. The van der Waals surface area contributed by atoms with Crippen molar-refractivity contribution in [2.24, 2.45) is 0 Å². The van der Waals surface area contributed by atoms with Gasteiger partial charge in [-0.05, 0) is 37.3 Å². The third-order valence-electron chi connectivity index (χ3n) is 3.81. The molecule has 1 aromatic carbocycles. The van der Waals surface area contributed by atoms with Gasteiger partial charge in [-0.25, -0.2) is 0 Å². The maximum absolute atomic E-state index is 11.1. The smallest absolute Gasteiger partial charge is 0.132 e. The van der Waals surface area contributed by atoms with Crippen molar-refractivity contribution >= 4 is 11.9 Å². The highest BCUT2D eigenvalue weighted by Gasteiger charge is 2.09. The van der Waals surface area contributed by atoms with Crippen LogP contribution in [0, 0.1) is 0 Å². The third-order valence-corrected chi connectivity index (χ3v) is 3.81. The van der Waals surface area contributed by atoms with Crippen LogP contribution in [0.2, 0.25) is 0 Å². The normalized spacial score (nSPS) is 12.1. The first-order valence-electron chi connectivity index (χ1n) is 7.89. The van der Waals surface area contributed by atoms with Gasteiger partial charge in [0.15, 0.2) is 0 Å². The number of unbranched alkanes of at least 4 members (excludes halogenated alkanes) is 3. The lowest BCUT2D eigenvalue weighted by Crippen LogP contribution is -2.14. The Morgan fingerprint density at radius 3 is 2.43 bits per heavy atom. The van der Waals surface area contributed by atoms with E-state index in [1.165, 1.54) is 30.4 Å². The Hall–Kier alpha value is -1.41. The molecule has 1 unspecified atom stereocenters. The van der Waals surface area contributed by atoms with Crippen molar-refractivity contribution in [1.82, 2.24) is 0 Å². The Bertz CT molecular complexity index is 420. The molecule has 21 heavy (non-hydrogen) atoms. The van der Waals surface area contributed by atoms with Crippen molar-refractivity contribution in [2.75, 3.05) is 7.11 Å². The van der Waals surface area contributed by atoms with Crippen LogP contribution in [-0.2, 0) is 16.0 Å². The number of hydrogen-bond donors (Lipinski definition) is 0. The summed E-state index contributed by atoms with van der Waals surface area (Å²) in [4.78, 5) is 11.1. The predicted octanol–water partition coefficient (Wildman–Crippen LogP) is 4.82. The minimum Gasteiger partial charge on any atom is -0.381 e. The maximum atomic E-state index is 11.1. The molecule has 0 spiro atoms. The van der Waals surface area contributed by atoms with Crippen LogP contribution in [0.3, 0.4) is 0 Å². The van der Waals surface area contributed by atoms with Crippen LogP contribution >= 0.6 is 0 Å². The van der Waals surface area contributed by atoms with Crippen molar-refractivity contribution in [3.8, 4) is 0 Å². The van der Waals surface area contributed by atoms with E-state index in [4.69, 9.17) is 4.74 Å². The van der Waals surface area contributed by atoms with Gasteiger partial charge in [0.1, 0.15) is 5.78 Å². The van der Waals surface area contributed by atoms with E-state index in [1.54, 1.807) is 14.0 Å². The molecule has 0 fully saturated rings. The van der Waals surface area contributed by atoms with Crippen molar-refractivity contribution in [2.45, 2.75) is 58.0 Å². The van der Waals surface area contributed by atoms with Crippen LogP contribution < -0.4 is 0 Å². The largest absolute Gasteiger partial charge is 0.381 e. The molecule has 0 radical (unpaired) electrons. The predicted molar refractivity (Wildman–Crippen MR) is 89.4 cm³/mol. The molecule has 0 saturated heterocycles. The number of benzene rings is 1. The number of carbonyl (C=O) groups is 1. The lowest BCUT2D eigenvalue weighted by molar-refractivity contribution is -0.119. The summed E-state index contributed by atoms with van der Waals surface area (Å²) in [6.45, 7) is 5.39. The Labute approximate surface area is 129 Å². The molecule has 0 aromatic heterocycles. The molecule has 0 heterocycles. The zero-order valence-corrected chi connectivity index (χ0v) is 13.4. The molecule has 1 atom stereocenters. The standard InChI is InChI=1S/C19H28O2/c1-4-17-11-13-18(14-12-17)9-7-5-6-8-10-19(21-3)15-16(2)20/h4,11-14,19H,1,5-10,15H2,2-3H3. The first kappa shape index (κ1) is 17.6. The van der Waals surface area contributed by atoms with E-state index in [0.29, 0.717) is 6.42 Å². The van der Waals surface area contributed by atoms with Crippen molar-refractivity contribution < 1.29 is 9.53 Å². The Morgan fingerprint density at radius 2 is 1.86 bits per heavy atom. The quantitative estimate of drug-likeness (QED) is 0.546. The van der Waals surface area contributed by atoms with Gasteiger partial charge in [-0.3, -0.25) is 4.79 Å². The number of carbonyl (C=O) groups excluding carboxylic acids is 1. The maximum Gasteiger partial charge on any atom is 0.132 e. The lowest BCUT2D eigenvalue weighted by atomic mass is 10.0. The van der Waals surface area contributed by atoms with Gasteiger partial charge in [0.2, 0.25) is 0 Å². The van der Waals surface area contributed by atoms with Gasteiger partial charge in [0, 0.05) is 13.5 Å². The number of ether oxygens (including phenoxy) is 1. The number of rotatable bonds is 11. The highest BCUT2D eigenvalue weighted by Crippen LogP contribution is 2.13. The molecule has 0 aliphatic rings. The Kier molecular flexibility index (Phi) is 8.68. The monoisotopic (exact) mass is 288 g/mol. The second-order valence-electron chi connectivity index (χ2n) is 5.66. The van der Waals surface area contributed by atoms with Crippen LogP contribution in [0.25, 0.3) is 6.08 Å². The van der Waals surface area contributed by atoms with E-state index in [-0.39, 0.29) is 11.9 Å². The van der Waals surface area contributed by atoms with Crippen LogP contribution in [0.1, 0.15) is 56.6 Å². The number of ketones is 1. The van der Waals surface area contributed by atoms with Gasteiger partial charge in [0.25, 0.3) is 0 Å². The summed E-state index contributed by atoms with van der Waals surface area (Å²) in [7, 11) is 1.69. The van der Waals surface area contributed by atoms with Gasteiger partial charge in [-0.1, -0.05) is 56.2 Å². The molecule has 2 heteroatoms. The van der Waals surface area contributed by atoms with E-state index in [9.17, 15) is 4.79 Å². The molecule has 0 saturated carbocycles. The molecule has 0 aliphatic heterocycles. The summed E-state index contributed by atoms with van der Waals surface area (Å²) >= 11 is 0. The Balaban J connectivity index is 2.10. The summed E-state index contributed by atoms with van der Waals surface area (Å²) in [5, 5.41) is 0. The summed E-state index contributed by atoms with van der Waals surface area (Å²) in [5.74, 6) is 0.213. The Morgan fingerprint density at radius 1 is 1.19 bits per heavy atom. The fraction of sp³-hybridized carbons (Fsp3) is 0.526. The third kappa shape index (κ3) is 7.81. The van der Waals surface area contributed by atoms with Crippen LogP contribution in [0.4, 0.5) is 0 Å². The summed E-state index contributed by atoms with van der Waals surface area (Å²) in [5.41, 5.74) is 2.57. The topological polar surface area (TPSA) is 26.3 Å². The summed E-state index contributed by atoms with van der Waals surface area (Å²) < 4.78 is 5.33. The first-order chi connectivity index (χ1) is 10.2. The van der Waals surface area contributed by atoms with Crippen LogP contribution in [0.15, 0.2) is 30.8 Å². The van der Waals surface area contributed by atoms with E-state index in [0.717, 1.165) is 19.3 Å². The van der Waals surface area contributed by atoms with Crippen molar-refractivity contribution in [1.29, 1.82) is 0 Å². The molecular weight excluding hydrogens is 260 g/mol. The molecule has 1 aromatic rings. The highest BCUT2D eigenvalue weighted by atomic mass is 16.5. The van der Waals surface area contributed by atoms with Gasteiger partial charge >= 0.3 is 0 Å². The minimum absolute atomic E-state index is 0.106. The molecule has 0 N–H and O–H groups in total. The second kappa shape index (κ2) is 10.3. The summed E-state index contributed by atoms with van der Waals surface area (Å²) in [6, 6.07) is 8.61. The van der Waals surface area contributed by atoms with Gasteiger partial charge in [-0.15, -0.1) is 0 Å². The van der Waals surface area contributed by atoms with E-state index in [1.807, 2.05) is 6.08 Å². The van der Waals surface area contributed by atoms with E-state index < -0.39 is 0 Å². The fourth-order valence-electron chi connectivity index (χ4n) is 2.50. The SMILES string of the molecule is C=Cc1ccc(CCCCCCC(CC(C)=O)OC)cc1. The lowest BCUT2D eigenvalue weighted by Gasteiger charge is -2.13. The highest BCUT2D eigenvalue weighted by molar-refractivity contribution is 5.75. The van der Waals surface area contributed by atoms with Crippen LogP contribution in [0.5, 0.6) is 0 Å². The molecular formula is C19H28O2. The number of hydrogen-bond acceptors (Lipinski definition) is 2. The summed E-state index contributed by atoms with van der Waals surface area (Å²) in [6.07, 6.45) is 9.46. The fourth-order valence-corrected chi connectivity index (χ4v) is 2.50. The molecule has 0 aliphatic carbocycles. The van der Waals surface area contributed by atoms with Crippen molar-refractivity contribution in [3.05, 3.63) is 42.0 Å². The average molecular weight is 288 g/mol. The molecule has 2 nitrogen and oxygen atoms in total. The first-order valence-corrected chi connectivity index (χ1v) is 7.89. The van der Waals surface area contributed by atoms with Gasteiger partial charge in [0.05, 0.1) is 6.10 Å². The zero-order valence-electron chi connectivity index (χ0n) is 13.4. The second-order valence-corrected chi connectivity index (χ2v) is 5.66. The average Bonchev–Trinajstić information content (AvgIpc) is 2.49. The van der Waals surface area contributed by atoms with Gasteiger partial charge < -0.3 is 4.74 Å². The van der Waals surface area contributed by atoms with E-state index in [2.05, 4.69) is 30.8 Å². The zero-order chi connectivity index (χ0) is 15.5. The molecule has 1 rings (SSSR count). The molecule has 0 bridgehead atoms. The molecule has 116 valence electrons. The minimum atomic E-state index is 0.106.